The Morgan fingerprint density at radius 3 is 2.03 bits per heavy atom. The number of hydrogen-bond acceptors (Lipinski definition) is 4. The first kappa shape index (κ1) is 23.5. The number of fused-ring (bicyclic) bond motifs is 2. The van der Waals surface area contributed by atoms with E-state index in [-0.39, 0.29) is 11.9 Å². The zero-order valence-electron chi connectivity index (χ0n) is 21.7. The summed E-state index contributed by atoms with van der Waals surface area (Å²) in [6.45, 7) is 2.03. The first-order valence-corrected chi connectivity index (χ1v) is 13.1. The summed E-state index contributed by atoms with van der Waals surface area (Å²) >= 11 is 0. The van der Waals surface area contributed by atoms with E-state index in [9.17, 15) is 4.79 Å². The summed E-state index contributed by atoms with van der Waals surface area (Å²) in [5.41, 5.74) is 6.07. The van der Waals surface area contributed by atoms with Crippen LogP contribution in [0.1, 0.15) is 61.3 Å². The number of amides is 1. The molecule has 1 amide bonds. The van der Waals surface area contributed by atoms with Crippen LogP contribution >= 0.6 is 0 Å². The Hall–Kier alpha value is -3.86. The van der Waals surface area contributed by atoms with Gasteiger partial charge in [0, 0.05) is 0 Å². The molecule has 5 nitrogen and oxygen atoms in total. The first-order valence-electron chi connectivity index (χ1n) is 13.1. The zero-order valence-corrected chi connectivity index (χ0v) is 21.7. The maximum absolute atomic E-state index is 14.7. The molecule has 188 valence electrons. The summed E-state index contributed by atoms with van der Waals surface area (Å²) in [6, 6.07) is 24.7. The number of hydrazone groups is 1. The van der Waals surface area contributed by atoms with Crippen molar-refractivity contribution >= 4 is 22.8 Å². The van der Waals surface area contributed by atoms with Crippen molar-refractivity contribution in [3.05, 3.63) is 95.1 Å². The molecule has 0 aromatic heterocycles. The molecule has 1 spiro atoms. The van der Waals surface area contributed by atoms with Gasteiger partial charge in [-0.25, -0.2) is 5.01 Å². The van der Waals surface area contributed by atoms with Crippen LogP contribution in [-0.2, 0) is 10.2 Å². The number of rotatable bonds is 5. The Balaban J connectivity index is 1.63. The maximum atomic E-state index is 14.7. The SMILES string of the molecule is COc1ccc(C2=C(c3ccc(OC)cc3)[C@@]3(C(=O)N(C4CCCCC4)N=C3C)c3ccccc32)cc1. The monoisotopic (exact) mass is 492 g/mol. The van der Waals surface area contributed by atoms with Crippen LogP contribution in [0.25, 0.3) is 11.1 Å². The topological polar surface area (TPSA) is 51.1 Å². The second-order valence-electron chi connectivity index (χ2n) is 10.1. The number of ether oxygens (including phenoxy) is 2. The highest BCUT2D eigenvalue weighted by Crippen LogP contribution is 2.57. The van der Waals surface area contributed by atoms with E-state index in [1.54, 1.807) is 14.2 Å². The predicted octanol–water partition coefficient (Wildman–Crippen LogP) is 6.47. The third-order valence-corrected chi connectivity index (χ3v) is 8.23. The molecule has 1 fully saturated rings. The normalized spacial score (nSPS) is 21.4. The number of benzene rings is 3. The van der Waals surface area contributed by atoms with E-state index < -0.39 is 5.41 Å². The maximum Gasteiger partial charge on any atom is 0.263 e. The highest BCUT2D eigenvalue weighted by Gasteiger charge is 2.59. The lowest BCUT2D eigenvalue weighted by molar-refractivity contribution is -0.134. The molecule has 1 heterocycles. The summed E-state index contributed by atoms with van der Waals surface area (Å²) in [5, 5.41) is 6.84. The van der Waals surface area contributed by atoms with Crippen molar-refractivity contribution in [2.45, 2.75) is 50.5 Å². The van der Waals surface area contributed by atoms with Crippen LogP contribution in [0.2, 0.25) is 0 Å². The fraction of sp³-hybridized carbons (Fsp3) is 0.312. The van der Waals surface area contributed by atoms with Crippen molar-refractivity contribution in [2.75, 3.05) is 14.2 Å². The predicted molar refractivity (Wildman–Crippen MR) is 147 cm³/mol. The van der Waals surface area contributed by atoms with E-state index in [2.05, 4.69) is 42.5 Å². The molecular weight excluding hydrogens is 460 g/mol. The fourth-order valence-corrected chi connectivity index (χ4v) is 6.44. The van der Waals surface area contributed by atoms with Crippen LogP contribution in [0.15, 0.2) is 77.9 Å². The van der Waals surface area contributed by atoms with E-state index in [4.69, 9.17) is 14.6 Å². The van der Waals surface area contributed by atoms with Gasteiger partial charge >= 0.3 is 0 Å². The molecule has 1 aliphatic heterocycles. The van der Waals surface area contributed by atoms with Gasteiger partial charge in [-0.3, -0.25) is 4.79 Å². The van der Waals surface area contributed by atoms with Crippen LogP contribution in [0, 0.1) is 0 Å². The van der Waals surface area contributed by atoms with Gasteiger partial charge < -0.3 is 9.47 Å². The molecule has 3 aliphatic rings. The molecule has 1 atom stereocenters. The number of hydrogen-bond donors (Lipinski definition) is 0. The third kappa shape index (κ3) is 3.51. The van der Waals surface area contributed by atoms with E-state index in [1.165, 1.54) is 6.42 Å². The molecule has 5 heteroatoms. The quantitative estimate of drug-likeness (QED) is 0.410. The Morgan fingerprint density at radius 1 is 0.811 bits per heavy atom. The van der Waals surface area contributed by atoms with Crippen molar-refractivity contribution in [2.24, 2.45) is 5.10 Å². The average molecular weight is 493 g/mol. The molecule has 0 bridgehead atoms. The van der Waals surface area contributed by atoms with Gasteiger partial charge in [-0.2, -0.15) is 5.10 Å². The van der Waals surface area contributed by atoms with Crippen LogP contribution < -0.4 is 9.47 Å². The van der Waals surface area contributed by atoms with E-state index in [0.717, 1.165) is 76.3 Å². The van der Waals surface area contributed by atoms with Crippen LogP contribution in [0.3, 0.4) is 0 Å². The minimum atomic E-state index is -0.960. The molecule has 0 unspecified atom stereocenters. The number of carbonyl (C=O) groups is 1. The molecule has 0 saturated heterocycles. The van der Waals surface area contributed by atoms with Crippen LogP contribution in [-0.4, -0.2) is 36.9 Å². The Kier molecular flexibility index (Phi) is 5.86. The van der Waals surface area contributed by atoms with E-state index in [0.29, 0.717) is 0 Å². The van der Waals surface area contributed by atoms with Gasteiger partial charge in [-0.05, 0) is 77.4 Å². The lowest BCUT2D eigenvalue weighted by Crippen LogP contribution is -2.46. The molecule has 0 radical (unpaired) electrons. The van der Waals surface area contributed by atoms with Gasteiger partial charge in [0.05, 0.1) is 26.0 Å². The summed E-state index contributed by atoms with van der Waals surface area (Å²) in [6.07, 6.45) is 5.53. The highest BCUT2D eigenvalue weighted by atomic mass is 16.5. The van der Waals surface area contributed by atoms with Gasteiger partial charge in [0.1, 0.15) is 16.9 Å². The molecule has 0 N–H and O–H groups in total. The van der Waals surface area contributed by atoms with Crippen molar-refractivity contribution in [1.29, 1.82) is 0 Å². The summed E-state index contributed by atoms with van der Waals surface area (Å²) in [7, 11) is 3.34. The summed E-state index contributed by atoms with van der Waals surface area (Å²) in [4.78, 5) is 14.7. The number of carbonyl (C=O) groups excluding carboxylic acids is 1. The van der Waals surface area contributed by atoms with Crippen molar-refractivity contribution < 1.29 is 14.3 Å². The molecular formula is C32H32N2O3. The van der Waals surface area contributed by atoms with Gasteiger partial charge in [0.25, 0.3) is 5.91 Å². The molecule has 6 rings (SSSR count). The van der Waals surface area contributed by atoms with Crippen molar-refractivity contribution in [3.63, 3.8) is 0 Å². The fourth-order valence-electron chi connectivity index (χ4n) is 6.44. The van der Waals surface area contributed by atoms with Crippen molar-refractivity contribution in [3.8, 4) is 11.5 Å². The highest BCUT2D eigenvalue weighted by molar-refractivity contribution is 6.32. The zero-order chi connectivity index (χ0) is 25.6. The smallest absolute Gasteiger partial charge is 0.263 e. The molecule has 3 aromatic rings. The standard InChI is InChI=1S/C32H32N2O3/c1-21-32(31(35)34(33-21)24-9-5-4-6-10-24)28-12-8-7-11-27(28)29(22-13-17-25(36-2)18-14-22)30(32)23-15-19-26(37-3)20-16-23/h7-8,11-20,24H,4-6,9-10H2,1-3H3/t32-/m0/s1. The van der Waals surface area contributed by atoms with E-state index in [1.807, 2.05) is 42.3 Å². The van der Waals surface area contributed by atoms with Gasteiger partial charge in [0.2, 0.25) is 0 Å². The first-order chi connectivity index (χ1) is 18.1. The van der Waals surface area contributed by atoms with E-state index >= 15 is 0 Å². The van der Waals surface area contributed by atoms with Gasteiger partial charge in [-0.1, -0.05) is 67.8 Å². The minimum absolute atomic E-state index is 0.0682. The largest absolute Gasteiger partial charge is 0.497 e. The van der Waals surface area contributed by atoms with Crippen LogP contribution in [0.4, 0.5) is 0 Å². The Bertz CT molecular complexity index is 1400. The Labute approximate surface area is 218 Å². The minimum Gasteiger partial charge on any atom is -0.497 e. The second-order valence-corrected chi connectivity index (χ2v) is 10.1. The third-order valence-electron chi connectivity index (χ3n) is 8.23. The molecule has 2 aliphatic carbocycles. The van der Waals surface area contributed by atoms with Crippen LogP contribution in [0.5, 0.6) is 11.5 Å². The summed E-state index contributed by atoms with van der Waals surface area (Å²) in [5.74, 6) is 1.65. The number of nitrogens with zero attached hydrogens (tertiary/aromatic N) is 2. The Morgan fingerprint density at radius 2 is 1.41 bits per heavy atom. The molecule has 3 aromatic carbocycles. The summed E-state index contributed by atoms with van der Waals surface area (Å²) < 4.78 is 10.9. The van der Waals surface area contributed by atoms with Gasteiger partial charge in [0.15, 0.2) is 0 Å². The average Bonchev–Trinajstić information content (AvgIpc) is 3.41. The van der Waals surface area contributed by atoms with Gasteiger partial charge in [-0.15, -0.1) is 0 Å². The molecule has 1 saturated carbocycles. The van der Waals surface area contributed by atoms with Crippen molar-refractivity contribution in [1.82, 2.24) is 5.01 Å². The molecule has 37 heavy (non-hydrogen) atoms. The lowest BCUT2D eigenvalue weighted by Gasteiger charge is -2.33. The second kappa shape index (κ2) is 9.22. The lowest BCUT2D eigenvalue weighted by atomic mass is 9.70. The number of methoxy groups -OCH3 is 2.